The van der Waals surface area contributed by atoms with Crippen molar-refractivity contribution in [3.63, 3.8) is 0 Å². The molecule has 0 aliphatic carbocycles. The second-order valence-corrected chi connectivity index (χ2v) is 7.40. The molecule has 0 saturated carbocycles. The van der Waals surface area contributed by atoms with Crippen molar-refractivity contribution in [2.24, 2.45) is 4.99 Å². The number of aromatic nitrogens is 1. The number of rotatable bonds is 5. The van der Waals surface area contributed by atoms with Gasteiger partial charge in [0.1, 0.15) is 5.76 Å². The number of alkyl halides is 2. The van der Waals surface area contributed by atoms with Crippen molar-refractivity contribution in [2.75, 3.05) is 26.7 Å². The number of aliphatic imine (C=N–C) groups is 1. The first-order valence-electron chi connectivity index (χ1n) is 8.71. The van der Waals surface area contributed by atoms with Crippen LogP contribution in [-0.4, -0.2) is 55.0 Å². The number of piperidine rings is 1. The van der Waals surface area contributed by atoms with E-state index in [-0.39, 0.29) is 18.0 Å². The number of likely N-dealkylation sites (tertiary alicyclic amines) is 1. The molecule has 1 aromatic heterocycles. The molecule has 0 spiro atoms. The first kappa shape index (κ1) is 19.6. The van der Waals surface area contributed by atoms with Gasteiger partial charge < -0.3 is 15.1 Å². The largest absolute Gasteiger partial charge is 0.443 e. The van der Waals surface area contributed by atoms with Gasteiger partial charge in [-0.05, 0) is 12.8 Å². The van der Waals surface area contributed by atoms with Gasteiger partial charge in [0.15, 0.2) is 5.96 Å². The van der Waals surface area contributed by atoms with E-state index >= 15 is 0 Å². The quantitative estimate of drug-likeness (QED) is 0.626. The summed E-state index contributed by atoms with van der Waals surface area (Å²) in [5, 5.41) is 6.53. The fourth-order valence-electron chi connectivity index (χ4n) is 2.74. The van der Waals surface area contributed by atoms with Crippen molar-refractivity contribution >= 4 is 5.96 Å². The molecule has 0 atom stereocenters. The zero-order valence-corrected chi connectivity index (χ0v) is 15.5. The Morgan fingerprint density at radius 3 is 2.60 bits per heavy atom. The van der Waals surface area contributed by atoms with Crippen LogP contribution < -0.4 is 10.6 Å². The molecule has 0 aromatic carbocycles. The summed E-state index contributed by atoms with van der Waals surface area (Å²) >= 11 is 0. The van der Waals surface area contributed by atoms with E-state index in [0.717, 1.165) is 18.6 Å². The van der Waals surface area contributed by atoms with Gasteiger partial charge in [-0.2, -0.15) is 0 Å². The molecular formula is C17H29F2N5O. The minimum Gasteiger partial charge on any atom is -0.443 e. The van der Waals surface area contributed by atoms with Crippen LogP contribution in [0.2, 0.25) is 0 Å². The third-order valence-electron chi connectivity index (χ3n) is 4.25. The van der Waals surface area contributed by atoms with E-state index in [1.165, 1.54) is 0 Å². The molecule has 0 bridgehead atoms. The summed E-state index contributed by atoms with van der Waals surface area (Å²) in [4.78, 5) is 10.3. The van der Waals surface area contributed by atoms with Gasteiger partial charge >= 0.3 is 0 Å². The molecule has 2 N–H and O–H groups in total. The molecule has 1 saturated heterocycles. The topological polar surface area (TPSA) is 65.7 Å². The fourth-order valence-corrected chi connectivity index (χ4v) is 2.74. The van der Waals surface area contributed by atoms with Crippen molar-refractivity contribution in [1.29, 1.82) is 0 Å². The van der Waals surface area contributed by atoms with Crippen LogP contribution in [0.4, 0.5) is 8.78 Å². The SMILES string of the molecule is CN=C(NCc1ncc(C(C)(C)C)o1)NC1CCN(CC(F)F)CC1. The van der Waals surface area contributed by atoms with Crippen LogP contribution in [0.5, 0.6) is 0 Å². The third-order valence-corrected chi connectivity index (χ3v) is 4.25. The first-order valence-corrected chi connectivity index (χ1v) is 8.71. The van der Waals surface area contributed by atoms with Gasteiger partial charge in [-0.1, -0.05) is 20.8 Å². The van der Waals surface area contributed by atoms with E-state index in [1.807, 2.05) is 0 Å². The molecule has 6 nitrogen and oxygen atoms in total. The van der Waals surface area contributed by atoms with Crippen LogP contribution in [0, 0.1) is 0 Å². The highest BCUT2D eigenvalue weighted by atomic mass is 19.3. The average molecular weight is 357 g/mol. The predicted octanol–water partition coefficient (Wildman–Crippen LogP) is 2.37. The Kier molecular flexibility index (Phi) is 6.75. The normalized spacial score (nSPS) is 18.0. The Hall–Kier alpha value is -1.70. The molecule has 0 radical (unpaired) electrons. The molecule has 142 valence electrons. The lowest BCUT2D eigenvalue weighted by Gasteiger charge is -2.32. The van der Waals surface area contributed by atoms with Crippen molar-refractivity contribution in [3.8, 4) is 0 Å². The highest BCUT2D eigenvalue weighted by Gasteiger charge is 2.22. The van der Waals surface area contributed by atoms with Gasteiger partial charge in [-0.3, -0.25) is 9.89 Å². The maximum atomic E-state index is 12.4. The molecular weight excluding hydrogens is 328 g/mol. The number of hydrogen-bond donors (Lipinski definition) is 2. The van der Waals surface area contributed by atoms with Crippen molar-refractivity contribution < 1.29 is 13.2 Å². The van der Waals surface area contributed by atoms with Crippen LogP contribution in [0.3, 0.4) is 0 Å². The van der Waals surface area contributed by atoms with Gasteiger partial charge in [0.05, 0.1) is 19.3 Å². The fraction of sp³-hybridized carbons (Fsp3) is 0.765. The maximum Gasteiger partial charge on any atom is 0.251 e. The summed E-state index contributed by atoms with van der Waals surface area (Å²) in [7, 11) is 1.71. The van der Waals surface area contributed by atoms with Crippen LogP contribution >= 0.6 is 0 Å². The Labute approximate surface area is 148 Å². The Morgan fingerprint density at radius 2 is 2.08 bits per heavy atom. The molecule has 1 fully saturated rings. The van der Waals surface area contributed by atoms with Gasteiger partial charge in [-0.15, -0.1) is 0 Å². The van der Waals surface area contributed by atoms with E-state index in [9.17, 15) is 8.78 Å². The number of hydrogen-bond acceptors (Lipinski definition) is 4. The smallest absolute Gasteiger partial charge is 0.251 e. The number of nitrogens with one attached hydrogen (secondary N) is 2. The monoisotopic (exact) mass is 357 g/mol. The molecule has 8 heteroatoms. The highest BCUT2D eigenvalue weighted by molar-refractivity contribution is 5.79. The molecule has 1 aliphatic heterocycles. The van der Waals surface area contributed by atoms with E-state index < -0.39 is 6.43 Å². The van der Waals surface area contributed by atoms with Crippen LogP contribution in [0.15, 0.2) is 15.6 Å². The number of oxazole rings is 1. The first-order chi connectivity index (χ1) is 11.8. The van der Waals surface area contributed by atoms with E-state index in [2.05, 4.69) is 41.4 Å². The standard InChI is InChI=1S/C17H29F2N5O/c1-17(2,3)13-9-21-15(25-13)10-22-16(20-4)23-12-5-7-24(8-6-12)11-14(18)19/h9,12,14H,5-8,10-11H2,1-4H3,(H2,20,22,23). The number of guanidine groups is 1. The Bertz CT molecular complexity index is 560. The second kappa shape index (κ2) is 8.60. The Morgan fingerprint density at radius 1 is 1.40 bits per heavy atom. The van der Waals surface area contributed by atoms with E-state index in [1.54, 1.807) is 18.1 Å². The molecule has 1 aliphatic rings. The number of halogens is 2. The molecule has 2 rings (SSSR count). The lowest BCUT2D eigenvalue weighted by molar-refractivity contribution is 0.0744. The third kappa shape index (κ3) is 6.26. The highest BCUT2D eigenvalue weighted by Crippen LogP contribution is 2.22. The van der Waals surface area contributed by atoms with Crippen molar-refractivity contribution in [3.05, 3.63) is 17.8 Å². The second-order valence-electron chi connectivity index (χ2n) is 7.40. The summed E-state index contributed by atoms with van der Waals surface area (Å²) in [5.74, 6) is 2.13. The summed E-state index contributed by atoms with van der Waals surface area (Å²) in [5.41, 5.74) is -0.0721. The average Bonchev–Trinajstić information content (AvgIpc) is 3.02. The van der Waals surface area contributed by atoms with E-state index in [0.29, 0.717) is 31.5 Å². The van der Waals surface area contributed by atoms with Crippen LogP contribution in [-0.2, 0) is 12.0 Å². The van der Waals surface area contributed by atoms with Crippen LogP contribution in [0.1, 0.15) is 45.3 Å². The summed E-state index contributed by atoms with van der Waals surface area (Å²) in [6, 6.07) is 0.231. The lowest BCUT2D eigenvalue weighted by atomic mass is 9.94. The van der Waals surface area contributed by atoms with Gasteiger partial charge in [0.2, 0.25) is 5.89 Å². The minimum atomic E-state index is -2.27. The van der Waals surface area contributed by atoms with Gasteiger partial charge in [0.25, 0.3) is 6.43 Å². The molecule has 25 heavy (non-hydrogen) atoms. The summed E-state index contributed by atoms with van der Waals surface area (Å²) < 4.78 is 30.6. The van der Waals surface area contributed by atoms with Crippen LogP contribution in [0.25, 0.3) is 0 Å². The minimum absolute atomic E-state index is 0.0721. The predicted molar refractivity (Wildman–Crippen MR) is 94.0 cm³/mol. The molecule has 2 heterocycles. The zero-order valence-electron chi connectivity index (χ0n) is 15.5. The zero-order chi connectivity index (χ0) is 18.4. The maximum absolute atomic E-state index is 12.4. The summed E-state index contributed by atoms with van der Waals surface area (Å²) in [6.45, 7) is 7.88. The number of nitrogens with zero attached hydrogens (tertiary/aromatic N) is 3. The lowest BCUT2D eigenvalue weighted by Crippen LogP contribution is -2.49. The molecule has 1 aromatic rings. The van der Waals surface area contributed by atoms with Gasteiger partial charge in [-0.25, -0.2) is 13.8 Å². The van der Waals surface area contributed by atoms with Crippen molar-refractivity contribution in [1.82, 2.24) is 20.5 Å². The molecule has 0 amide bonds. The summed E-state index contributed by atoms with van der Waals surface area (Å²) in [6.07, 6.45) is 1.13. The van der Waals surface area contributed by atoms with E-state index in [4.69, 9.17) is 4.42 Å². The van der Waals surface area contributed by atoms with Crippen molar-refractivity contribution in [2.45, 2.75) is 58.0 Å². The van der Waals surface area contributed by atoms with Gasteiger partial charge in [0, 0.05) is 31.6 Å². The molecule has 0 unspecified atom stereocenters. The Balaban J connectivity index is 1.77.